The lowest BCUT2D eigenvalue weighted by Gasteiger charge is -2.17. The van der Waals surface area contributed by atoms with Gasteiger partial charge in [-0.25, -0.2) is 9.18 Å². The van der Waals surface area contributed by atoms with Crippen LogP contribution < -0.4 is 10.6 Å². The zero-order valence-electron chi connectivity index (χ0n) is 10.9. The number of rotatable bonds is 6. The van der Waals surface area contributed by atoms with E-state index in [1.54, 1.807) is 12.1 Å². The molecule has 0 aromatic heterocycles. The highest BCUT2D eigenvalue weighted by Crippen LogP contribution is 2.04. The molecular formula is C13H20FN3O. The molecule has 0 spiro atoms. The van der Waals surface area contributed by atoms with Crippen molar-refractivity contribution in [2.24, 2.45) is 0 Å². The fourth-order valence-electron chi connectivity index (χ4n) is 1.56. The predicted molar refractivity (Wildman–Crippen MR) is 69.8 cm³/mol. The highest BCUT2D eigenvalue weighted by molar-refractivity contribution is 5.73. The summed E-state index contributed by atoms with van der Waals surface area (Å²) in [5.74, 6) is -0.223. The van der Waals surface area contributed by atoms with E-state index < -0.39 is 0 Å². The molecule has 0 bridgehead atoms. The second-order valence-electron chi connectivity index (χ2n) is 4.15. The largest absolute Gasteiger partial charge is 0.338 e. The minimum atomic E-state index is -0.223. The number of nitrogens with zero attached hydrogens (tertiary/aromatic N) is 1. The van der Waals surface area contributed by atoms with Crippen LogP contribution in [0.1, 0.15) is 12.5 Å². The van der Waals surface area contributed by atoms with Gasteiger partial charge in [-0.15, -0.1) is 0 Å². The molecule has 4 nitrogen and oxygen atoms in total. The second-order valence-corrected chi connectivity index (χ2v) is 4.15. The average Bonchev–Trinajstić information content (AvgIpc) is 2.32. The molecule has 0 saturated heterocycles. The normalized spacial score (nSPS) is 10.4. The lowest BCUT2D eigenvalue weighted by molar-refractivity contribution is 0.238. The van der Waals surface area contributed by atoms with Gasteiger partial charge in [-0.05, 0) is 31.7 Å². The van der Waals surface area contributed by atoms with Crippen molar-refractivity contribution >= 4 is 6.03 Å². The van der Waals surface area contributed by atoms with Crippen molar-refractivity contribution in [3.63, 3.8) is 0 Å². The number of carbonyl (C=O) groups excluding carboxylic acids is 1. The predicted octanol–water partition coefficient (Wildman–Crippen LogP) is 1.58. The van der Waals surface area contributed by atoms with Gasteiger partial charge in [0.25, 0.3) is 0 Å². The Balaban J connectivity index is 2.23. The minimum Gasteiger partial charge on any atom is -0.338 e. The van der Waals surface area contributed by atoms with Gasteiger partial charge in [-0.1, -0.05) is 12.1 Å². The Morgan fingerprint density at radius 2 is 1.94 bits per heavy atom. The number of likely N-dealkylation sites (N-methyl/N-ethyl adjacent to an activating group) is 1. The summed E-state index contributed by atoms with van der Waals surface area (Å²) >= 11 is 0. The van der Waals surface area contributed by atoms with Crippen molar-refractivity contribution in [1.29, 1.82) is 0 Å². The Morgan fingerprint density at radius 3 is 2.56 bits per heavy atom. The Labute approximate surface area is 107 Å². The molecule has 0 atom stereocenters. The molecule has 0 aliphatic carbocycles. The quantitative estimate of drug-likeness (QED) is 0.808. The van der Waals surface area contributed by atoms with Gasteiger partial charge in [0.15, 0.2) is 0 Å². The number of benzene rings is 1. The molecule has 0 heterocycles. The molecule has 0 unspecified atom stereocenters. The second kappa shape index (κ2) is 7.66. The molecule has 0 fully saturated rings. The molecule has 2 N–H and O–H groups in total. The molecule has 2 amide bonds. The van der Waals surface area contributed by atoms with Gasteiger partial charge in [-0.2, -0.15) is 0 Å². The third-order valence-electron chi connectivity index (χ3n) is 2.48. The van der Waals surface area contributed by atoms with Crippen LogP contribution in [0, 0.1) is 5.82 Å². The van der Waals surface area contributed by atoms with E-state index >= 15 is 0 Å². The summed E-state index contributed by atoms with van der Waals surface area (Å²) in [7, 11) is 1.96. The van der Waals surface area contributed by atoms with Crippen LogP contribution in [0.3, 0.4) is 0 Å². The molecule has 0 saturated carbocycles. The van der Waals surface area contributed by atoms with E-state index in [0.29, 0.717) is 13.1 Å². The van der Waals surface area contributed by atoms with E-state index in [9.17, 15) is 9.18 Å². The summed E-state index contributed by atoms with van der Waals surface area (Å²) in [5, 5.41) is 5.42. The van der Waals surface area contributed by atoms with E-state index in [-0.39, 0.29) is 11.8 Å². The number of hydrogen-bond acceptors (Lipinski definition) is 2. The van der Waals surface area contributed by atoms with E-state index in [4.69, 9.17) is 0 Å². The average molecular weight is 253 g/mol. The molecule has 1 aromatic rings. The van der Waals surface area contributed by atoms with Crippen molar-refractivity contribution in [2.45, 2.75) is 13.5 Å². The number of urea groups is 1. The van der Waals surface area contributed by atoms with Crippen LogP contribution in [0.15, 0.2) is 24.3 Å². The molecule has 0 radical (unpaired) electrons. The number of halogens is 1. The van der Waals surface area contributed by atoms with Crippen LogP contribution >= 0.6 is 0 Å². The van der Waals surface area contributed by atoms with Gasteiger partial charge in [0, 0.05) is 26.2 Å². The first kappa shape index (κ1) is 14.4. The van der Waals surface area contributed by atoms with Crippen molar-refractivity contribution in [3.8, 4) is 0 Å². The van der Waals surface area contributed by atoms with Gasteiger partial charge >= 0.3 is 6.03 Å². The summed E-state index contributed by atoms with van der Waals surface area (Å²) in [5.41, 5.74) is 1.05. The standard InChI is InChI=1S/C13H20FN3O/c1-3-15-13(18)16-8-9-17(2)10-11-4-6-12(14)7-5-11/h4-7H,3,8-10H2,1-2H3,(H2,15,16,18). The third kappa shape index (κ3) is 5.63. The summed E-state index contributed by atoms with van der Waals surface area (Å²) < 4.78 is 12.7. The Bertz CT molecular complexity index is 367. The first-order chi connectivity index (χ1) is 8.61. The maximum Gasteiger partial charge on any atom is 0.314 e. The van der Waals surface area contributed by atoms with Gasteiger partial charge in [0.05, 0.1) is 0 Å². The molecule has 5 heteroatoms. The van der Waals surface area contributed by atoms with Crippen LogP contribution in [-0.4, -0.2) is 37.6 Å². The Kier molecular flexibility index (Phi) is 6.14. The third-order valence-corrected chi connectivity index (χ3v) is 2.48. The van der Waals surface area contributed by atoms with E-state index in [2.05, 4.69) is 15.5 Å². The lowest BCUT2D eigenvalue weighted by atomic mass is 10.2. The first-order valence-electron chi connectivity index (χ1n) is 6.06. The summed E-state index contributed by atoms with van der Waals surface area (Å²) in [6, 6.07) is 6.30. The van der Waals surface area contributed by atoms with Crippen LogP contribution in [0.5, 0.6) is 0 Å². The van der Waals surface area contributed by atoms with Gasteiger partial charge in [-0.3, -0.25) is 0 Å². The maximum atomic E-state index is 12.7. The van der Waals surface area contributed by atoms with Crippen molar-refractivity contribution < 1.29 is 9.18 Å². The van der Waals surface area contributed by atoms with Crippen LogP contribution in [0.4, 0.5) is 9.18 Å². The minimum absolute atomic E-state index is 0.146. The van der Waals surface area contributed by atoms with Crippen LogP contribution in [0.25, 0.3) is 0 Å². The van der Waals surface area contributed by atoms with Crippen LogP contribution in [-0.2, 0) is 6.54 Å². The summed E-state index contributed by atoms with van der Waals surface area (Å²) in [6.07, 6.45) is 0. The topological polar surface area (TPSA) is 44.4 Å². The van der Waals surface area contributed by atoms with Crippen molar-refractivity contribution in [2.75, 3.05) is 26.7 Å². The number of amides is 2. The highest BCUT2D eigenvalue weighted by atomic mass is 19.1. The number of carbonyl (C=O) groups is 1. The summed E-state index contributed by atoms with van der Waals surface area (Å²) in [6.45, 7) is 4.56. The molecule has 100 valence electrons. The first-order valence-corrected chi connectivity index (χ1v) is 6.06. The zero-order chi connectivity index (χ0) is 13.4. The molecule has 1 rings (SSSR count). The lowest BCUT2D eigenvalue weighted by Crippen LogP contribution is -2.39. The van der Waals surface area contributed by atoms with Crippen LogP contribution in [0.2, 0.25) is 0 Å². The maximum absolute atomic E-state index is 12.7. The Morgan fingerprint density at radius 1 is 1.28 bits per heavy atom. The summed E-state index contributed by atoms with van der Waals surface area (Å²) in [4.78, 5) is 13.2. The zero-order valence-corrected chi connectivity index (χ0v) is 10.9. The fourth-order valence-corrected chi connectivity index (χ4v) is 1.56. The van der Waals surface area contributed by atoms with Gasteiger partial charge < -0.3 is 15.5 Å². The van der Waals surface area contributed by atoms with E-state index in [0.717, 1.165) is 18.7 Å². The fraction of sp³-hybridized carbons (Fsp3) is 0.462. The van der Waals surface area contributed by atoms with Crippen molar-refractivity contribution in [3.05, 3.63) is 35.6 Å². The molecule has 1 aromatic carbocycles. The van der Waals surface area contributed by atoms with E-state index in [1.807, 2.05) is 14.0 Å². The molecule has 18 heavy (non-hydrogen) atoms. The van der Waals surface area contributed by atoms with Gasteiger partial charge in [0.1, 0.15) is 5.82 Å². The smallest absolute Gasteiger partial charge is 0.314 e. The Hall–Kier alpha value is -1.62. The molecule has 0 aliphatic rings. The van der Waals surface area contributed by atoms with Gasteiger partial charge in [0.2, 0.25) is 0 Å². The van der Waals surface area contributed by atoms with E-state index in [1.165, 1.54) is 12.1 Å². The molecule has 0 aliphatic heterocycles. The van der Waals surface area contributed by atoms with Crippen molar-refractivity contribution in [1.82, 2.24) is 15.5 Å². The monoisotopic (exact) mass is 253 g/mol. The highest BCUT2D eigenvalue weighted by Gasteiger charge is 2.02. The number of nitrogens with one attached hydrogen (secondary N) is 2. The number of hydrogen-bond donors (Lipinski definition) is 2. The molecular weight excluding hydrogens is 233 g/mol. The SMILES string of the molecule is CCNC(=O)NCCN(C)Cc1ccc(F)cc1.